The lowest BCUT2D eigenvalue weighted by Gasteiger charge is -2.38. The second-order valence-corrected chi connectivity index (χ2v) is 5.46. The zero-order valence-corrected chi connectivity index (χ0v) is 12.2. The molecule has 2 rings (SSSR count). The van der Waals surface area contributed by atoms with Gasteiger partial charge in [-0.25, -0.2) is 4.39 Å². The summed E-state index contributed by atoms with van der Waals surface area (Å²) in [5.41, 5.74) is 0.345. The Bertz CT molecular complexity index is 471. The van der Waals surface area contributed by atoms with Crippen molar-refractivity contribution in [2.24, 2.45) is 0 Å². The average molecular weight is 279 g/mol. The van der Waals surface area contributed by atoms with Crippen molar-refractivity contribution in [3.8, 4) is 0 Å². The molecule has 1 aliphatic heterocycles. The maximum Gasteiger partial charge on any atom is 0.307 e. The largest absolute Gasteiger partial charge is 0.466 e. The van der Waals surface area contributed by atoms with Crippen molar-refractivity contribution in [3.05, 3.63) is 35.6 Å². The highest BCUT2D eigenvalue weighted by Crippen LogP contribution is 2.35. The molecule has 3 nitrogen and oxygen atoms in total. The third-order valence-corrected chi connectivity index (χ3v) is 4.04. The van der Waals surface area contributed by atoms with Gasteiger partial charge in [0.25, 0.3) is 0 Å². The summed E-state index contributed by atoms with van der Waals surface area (Å²) < 4.78 is 18.6. The lowest BCUT2D eigenvalue weighted by Crippen LogP contribution is -2.44. The molecule has 20 heavy (non-hydrogen) atoms. The van der Waals surface area contributed by atoms with Gasteiger partial charge in [0.15, 0.2) is 0 Å². The molecule has 0 bridgehead atoms. The number of carbonyl (C=O) groups excluding carboxylic acids is 1. The van der Waals surface area contributed by atoms with Gasteiger partial charge in [0.1, 0.15) is 5.82 Å². The first kappa shape index (κ1) is 15.0. The van der Waals surface area contributed by atoms with Crippen LogP contribution in [-0.4, -0.2) is 30.6 Å². The zero-order valence-electron chi connectivity index (χ0n) is 12.2. The average Bonchev–Trinajstić information content (AvgIpc) is 2.93. The number of carbonyl (C=O) groups is 1. The van der Waals surface area contributed by atoms with Gasteiger partial charge >= 0.3 is 5.97 Å². The molecular weight excluding hydrogens is 257 g/mol. The van der Waals surface area contributed by atoms with Crippen molar-refractivity contribution in [3.63, 3.8) is 0 Å². The quantitative estimate of drug-likeness (QED) is 0.776. The summed E-state index contributed by atoms with van der Waals surface area (Å²) in [5, 5.41) is 0. The molecule has 1 aromatic rings. The molecule has 0 saturated carbocycles. The zero-order chi connectivity index (χ0) is 14.6. The number of likely N-dealkylation sites (tertiary alicyclic amines) is 1. The Labute approximate surface area is 119 Å². The summed E-state index contributed by atoms with van der Waals surface area (Å²) in [6.45, 7) is 6.05. The first-order valence-electron chi connectivity index (χ1n) is 7.23. The van der Waals surface area contributed by atoms with E-state index in [1.165, 1.54) is 12.1 Å². The smallest absolute Gasteiger partial charge is 0.307 e. The van der Waals surface area contributed by atoms with E-state index < -0.39 is 5.54 Å². The third kappa shape index (κ3) is 3.18. The van der Waals surface area contributed by atoms with Crippen LogP contribution in [0.25, 0.3) is 0 Å². The summed E-state index contributed by atoms with van der Waals surface area (Å²) in [6, 6.07) is 6.54. The fourth-order valence-electron chi connectivity index (χ4n) is 2.92. The van der Waals surface area contributed by atoms with Crippen molar-refractivity contribution in [2.45, 2.75) is 38.6 Å². The third-order valence-electron chi connectivity index (χ3n) is 4.04. The Morgan fingerprint density at radius 1 is 1.40 bits per heavy atom. The second-order valence-electron chi connectivity index (χ2n) is 5.46. The van der Waals surface area contributed by atoms with Crippen LogP contribution in [-0.2, 0) is 15.1 Å². The number of benzene rings is 1. The van der Waals surface area contributed by atoms with Crippen molar-refractivity contribution in [1.82, 2.24) is 4.90 Å². The SMILES string of the molecule is CCOC(=O)CC(C)(c1cccc(F)c1)N1CCCC1. The van der Waals surface area contributed by atoms with E-state index in [0.717, 1.165) is 31.5 Å². The van der Waals surface area contributed by atoms with Crippen LogP contribution in [0.5, 0.6) is 0 Å². The number of ether oxygens (including phenoxy) is 1. The van der Waals surface area contributed by atoms with E-state index in [9.17, 15) is 9.18 Å². The first-order valence-corrected chi connectivity index (χ1v) is 7.23. The molecule has 1 heterocycles. The molecule has 0 N–H and O–H groups in total. The van der Waals surface area contributed by atoms with E-state index in [1.807, 2.05) is 13.0 Å². The van der Waals surface area contributed by atoms with E-state index in [0.29, 0.717) is 6.61 Å². The summed E-state index contributed by atoms with van der Waals surface area (Å²) in [6.07, 6.45) is 2.49. The fourth-order valence-corrected chi connectivity index (χ4v) is 2.92. The summed E-state index contributed by atoms with van der Waals surface area (Å²) in [4.78, 5) is 14.2. The molecular formula is C16H22FNO2. The topological polar surface area (TPSA) is 29.5 Å². The standard InChI is InChI=1S/C16H22FNO2/c1-3-20-15(19)12-16(2,18-9-4-5-10-18)13-7-6-8-14(17)11-13/h6-8,11H,3-5,9-10,12H2,1-2H3. The Kier molecular flexibility index (Phi) is 4.76. The van der Waals surface area contributed by atoms with Crippen molar-refractivity contribution >= 4 is 5.97 Å². The van der Waals surface area contributed by atoms with E-state index in [-0.39, 0.29) is 18.2 Å². The lowest BCUT2D eigenvalue weighted by molar-refractivity contribution is -0.146. The highest BCUT2D eigenvalue weighted by atomic mass is 19.1. The molecule has 0 spiro atoms. The van der Waals surface area contributed by atoms with Crippen LogP contribution < -0.4 is 0 Å². The van der Waals surface area contributed by atoms with Crippen molar-refractivity contribution < 1.29 is 13.9 Å². The van der Waals surface area contributed by atoms with Crippen LogP contribution in [0.2, 0.25) is 0 Å². The summed E-state index contributed by atoms with van der Waals surface area (Å²) in [7, 11) is 0. The van der Waals surface area contributed by atoms with Gasteiger partial charge in [0, 0.05) is 0 Å². The minimum Gasteiger partial charge on any atom is -0.466 e. The Balaban J connectivity index is 2.30. The summed E-state index contributed by atoms with van der Waals surface area (Å²) >= 11 is 0. The maximum atomic E-state index is 13.5. The Morgan fingerprint density at radius 3 is 2.70 bits per heavy atom. The minimum absolute atomic E-state index is 0.230. The predicted molar refractivity (Wildman–Crippen MR) is 75.8 cm³/mol. The van der Waals surface area contributed by atoms with E-state index in [1.54, 1.807) is 13.0 Å². The van der Waals surface area contributed by atoms with Gasteiger partial charge in [-0.1, -0.05) is 12.1 Å². The van der Waals surface area contributed by atoms with Gasteiger partial charge in [-0.05, 0) is 57.5 Å². The number of esters is 1. The molecule has 1 fully saturated rings. The monoisotopic (exact) mass is 279 g/mol. The number of rotatable bonds is 5. The molecule has 0 aliphatic carbocycles. The van der Waals surface area contributed by atoms with Gasteiger partial charge in [-0.15, -0.1) is 0 Å². The van der Waals surface area contributed by atoms with Crippen LogP contribution in [0, 0.1) is 5.82 Å². The predicted octanol–water partition coefficient (Wildman–Crippen LogP) is 3.09. The van der Waals surface area contributed by atoms with Crippen LogP contribution in [0.3, 0.4) is 0 Å². The minimum atomic E-state index is -0.495. The van der Waals surface area contributed by atoms with Gasteiger partial charge < -0.3 is 4.74 Å². The highest BCUT2D eigenvalue weighted by Gasteiger charge is 2.38. The van der Waals surface area contributed by atoms with Gasteiger partial charge in [0.05, 0.1) is 18.6 Å². The molecule has 1 aliphatic rings. The molecule has 0 radical (unpaired) electrons. The molecule has 1 atom stereocenters. The Hall–Kier alpha value is -1.42. The highest BCUT2D eigenvalue weighted by molar-refractivity contribution is 5.71. The molecule has 0 aromatic heterocycles. The number of halogens is 1. The van der Waals surface area contributed by atoms with Crippen LogP contribution in [0.15, 0.2) is 24.3 Å². The van der Waals surface area contributed by atoms with Crippen LogP contribution >= 0.6 is 0 Å². The van der Waals surface area contributed by atoms with E-state index in [2.05, 4.69) is 4.90 Å². The maximum absolute atomic E-state index is 13.5. The Morgan fingerprint density at radius 2 is 2.10 bits per heavy atom. The molecule has 0 amide bonds. The van der Waals surface area contributed by atoms with Gasteiger partial charge in [-0.3, -0.25) is 9.69 Å². The lowest BCUT2D eigenvalue weighted by atomic mass is 9.87. The van der Waals surface area contributed by atoms with E-state index >= 15 is 0 Å². The molecule has 1 aromatic carbocycles. The molecule has 1 unspecified atom stereocenters. The van der Waals surface area contributed by atoms with E-state index in [4.69, 9.17) is 4.74 Å². The van der Waals surface area contributed by atoms with Gasteiger partial charge in [0.2, 0.25) is 0 Å². The van der Waals surface area contributed by atoms with Crippen molar-refractivity contribution in [1.29, 1.82) is 0 Å². The van der Waals surface area contributed by atoms with Crippen LogP contribution in [0.1, 0.15) is 38.7 Å². The number of hydrogen-bond donors (Lipinski definition) is 0. The summed E-state index contributed by atoms with van der Waals surface area (Å²) in [5.74, 6) is -0.497. The molecule has 1 saturated heterocycles. The molecule has 110 valence electrons. The second kappa shape index (κ2) is 6.35. The fraction of sp³-hybridized carbons (Fsp3) is 0.562. The van der Waals surface area contributed by atoms with Gasteiger partial charge in [-0.2, -0.15) is 0 Å². The number of nitrogens with zero attached hydrogens (tertiary/aromatic N) is 1. The molecule has 4 heteroatoms. The normalized spacial score (nSPS) is 18.8. The number of hydrogen-bond acceptors (Lipinski definition) is 3. The van der Waals surface area contributed by atoms with Crippen molar-refractivity contribution in [2.75, 3.05) is 19.7 Å². The van der Waals surface area contributed by atoms with Crippen LogP contribution in [0.4, 0.5) is 4.39 Å². The first-order chi connectivity index (χ1) is 9.56.